The number of amides is 1. The molecule has 3 aromatic rings. The molecule has 0 aliphatic carbocycles. The molecule has 0 radical (unpaired) electrons. The molecule has 4 rings (SSSR count). The van der Waals surface area contributed by atoms with Crippen LogP contribution in [0, 0.1) is 0 Å². The second-order valence-electron chi connectivity index (χ2n) is 5.34. The Bertz CT molecular complexity index is 837. The van der Waals surface area contributed by atoms with E-state index in [-0.39, 0.29) is 5.91 Å². The van der Waals surface area contributed by atoms with Crippen molar-refractivity contribution in [2.24, 2.45) is 0 Å². The number of carbonyl (C=O) groups excluding carboxylic acids is 1. The van der Waals surface area contributed by atoms with Crippen LogP contribution >= 0.6 is 11.8 Å². The van der Waals surface area contributed by atoms with Gasteiger partial charge in [0.05, 0.1) is 11.3 Å². The van der Waals surface area contributed by atoms with Crippen LogP contribution in [0.5, 0.6) is 0 Å². The van der Waals surface area contributed by atoms with Crippen molar-refractivity contribution in [3.05, 3.63) is 47.3 Å². The summed E-state index contributed by atoms with van der Waals surface area (Å²) in [6, 6.07) is 8.11. The molecule has 5 nitrogen and oxygen atoms in total. The third kappa shape index (κ3) is 2.39. The molecule has 0 atom stereocenters. The summed E-state index contributed by atoms with van der Waals surface area (Å²) in [7, 11) is 0. The topological polar surface area (TPSA) is 70.9 Å². The molecule has 22 heavy (non-hydrogen) atoms. The molecule has 1 amide bonds. The van der Waals surface area contributed by atoms with Gasteiger partial charge in [-0.1, -0.05) is 23.4 Å². The Labute approximate surface area is 131 Å². The van der Waals surface area contributed by atoms with Gasteiger partial charge in [0.25, 0.3) is 0 Å². The first-order valence-corrected chi connectivity index (χ1v) is 8.37. The number of aryl methyl sites for hydroxylation is 1. The van der Waals surface area contributed by atoms with Crippen molar-refractivity contribution < 1.29 is 9.32 Å². The first-order chi connectivity index (χ1) is 10.8. The Morgan fingerprint density at radius 3 is 3.23 bits per heavy atom. The third-order valence-corrected chi connectivity index (χ3v) is 4.87. The zero-order valence-electron chi connectivity index (χ0n) is 11.9. The number of hydrogen-bond acceptors (Lipinski definition) is 4. The lowest BCUT2D eigenvalue weighted by Crippen LogP contribution is -2.12. The molecule has 0 fully saturated rings. The van der Waals surface area contributed by atoms with Gasteiger partial charge in [-0.2, -0.15) is 11.8 Å². The number of aromatic amines is 1. The Morgan fingerprint density at radius 1 is 1.36 bits per heavy atom. The highest BCUT2D eigenvalue weighted by atomic mass is 32.2. The van der Waals surface area contributed by atoms with Gasteiger partial charge in [-0.15, -0.1) is 0 Å². The first kappa shape index (κ1) is 13.5. The molecule has 2 N–H and O–H groups in total. The molecule has 0 saturated heterocycles. The van der Waals surface area contributed by atoms with Gasteiger partial charge < -0.3 is 9.51 Å². The van der Waals surface area contributed by atoms with E-state index in [2.05, 4.69) is 21.5 Å². The number of rotatable bonds is 4. The quantitative estimate of drug-likeness (QED) is 0.773. The van der Waals surface area contributed by atoms with E-state index in [1.165, 1.54) is 5.39 Å². The van der Waals surface area contributed by atoms with Crippen LogP contribution < -0.4 is 5.32 Å². The maximum absolute atomic E-state index is 12.1. The zero-order chi connectivity index (χ0) is 14.9. The van der Waals surface area contributed by atoms with Crippen molar-refractivity contribution in [3.8, 4) is 0 Å². The molecular formula is C16H15N3O2S. The number of benzene rings is 1. The van der Waals surface area contributed by atoms with Crippen LogP contribution in [0.2, 0.25) is 0 Å². The Morgan fingerprint density at radius 2 is 2.27 bits per heavy atom. The summed E-state index contributed by atoms with van der Waals surface area (Å²) < 4.78 is 5.21. The number of nitrogens with one attached hydrogen (secondary N) is 2. The molecule has 1 aliphatic rings. The van der Waals surface area contributed by atoms with Crippen LogP contribution in [-0.4, -0.2) is 16.0 Å². The molecule has 0 bridgehead atoms. The number of carbonyl (C=O) groups is 1. The number of para-hydroxylation sites is 1. The maximum Gasteiger partial charge on any atom is 0.235 e. The summed E-state index contributed by atoms with van der Waals surface area (Å²) in [6.07, 6.45) is 3.09. The molecule has 112 valence electrons. The first-order valence-electron chi connectivity index (χ1n) is 7.21. The van der Waals surface area contributed by atoms with Gasteiger partial charge in [-0.05, 0) is 18.1 Å². The van der Waals surface area contributed by atoms with E-state index in [4.69, 9.17) is 4.52 Å². The normalized spacial score (nSPS) is 13.5. The van der Waals surface area contributed by atoms with Gasteiger partial charge in [0.1, 0.15) is 0 Å². The summed E-state index contributed by atoms with van der Waals surface area (Å²) in [5.41, 5.74) is 4.24. The number of hydrogen-bond donors (Lipinski definition) is 2. The van der Waals surface area contributed by atoms with Crippen molar-refractivity contribution in [2.45, 2.75) is 24.3 Å². The molecule has 0 unspecified atom stereocenters. The van der Waals surface area contributed by atoms with E-state index in [0.717, 1.165) is 33.8 Å². The summed E-state index contributed by atoms with van der Waals surface area (Å²) >= 11 is 1.79. The van der Waals surface area contributed by atoms with E-state index in [1.54, 1.807) is 11.8 Å². The summed E-state index contributed by atoms with van der Waals surface area (Å²) in [6.45, 7) is 0. The van der Waals surface area contributed by atoms with Crippen molar-refractivity contribution in [1.82, 2.24) is 10.1 Å². The van der Waals surface area contributed by atoms with E-state index >= 15 is 0 Å². The number of aromatic nitrogens is 2. The van der Waals surface area contributed by atoms with Crippen LogP contribution in [0.1, 0.15) is 23.2 Å². The van der Waals surface area contributed by atoms with Gasteiger partial charge in [-0.3, -0.25) is 10.1 Å². The monoisotopic (exact) mass is 313 g/mol. The lowest BCUT2D eigenvalue weighted by atomic mass is 10.1. The molecular weight excluding hydrogens is 298 g/mol. The number of fused-ring (bicyclic) bond motifs is 2. The van der Waals surface area contributed by atoms with Gasteiger partial charge in [0.15, 0.2) is 0 Å². The highest BCUT2D eigenvalue weighted by Gasteiger charge is 2.22. The second-order valence-corrected chi connectivity index (χ2v) is 6.32. The second kappa shape index (κ2) is 5.53. The average molecular weight is 313 g/mol. The molecule has 6 heteroatoms. The van der Waals surface area contributed by atoms with E-state index in [1.807, 2.05) is 24.4 Å². The zero-order valence-corrected chi connectivity index (χ0v) is 12.7. The smallest absolute Gasteiger partial charge is 0.235 e. The molecule has 1 aromatic carbocycles. The minimum Gasteiger partial charge on any atom is -0.361 e. The van der Waals surface area contributed by atoms with Gasteiger partial charge in [0.2, 0.25) is 11.8 Å². The Kier molecular flexibility index (Phi) is 3.38. The molecule has 1 aliphatic heterocycles. The number of thioether (sulfide) groups is 1. The van der Waals surface area contributed by atoms with Crippen molar-refractivity contribution in [3.63, 3.8) is 0 Å². The van der Waals surface area contributed by atoms with E-state index < -0.39 is 0 Å². The molecule has 0 spiro atoms. The molecule has 0 saturated carbocycles. The summed E-state index contributed by atoms with van der Waals surface area (Å²) in [5.74, 6) is 2.20. The highest BCUT2D eigenvalue weighted by Crippen LogP contribution is 2.34. The number of nitrogens with zero attached hydrogens (tertiary/aromatic N) is 1. The van der Waals surface area contributed by atoms with E-state index in [9.17, 15) is 4.79 Å². The van der Waals surface area contributed by atoms with Crippen LogP contribution in [-0.2, 0) is 22.7 Å². The van der Waals surface area contributed by atoms with Gasteiger partial charge in [-0.25, -0.2) is 0 Å². The van der Waals surface area contributed by atoms with Crippen LogP contribution in [0.3, 0.4) is 0 Å². The summed E-state index contributed by atoms with van der Waals surface area (Å²) in [5, 5.41) is 8.00. The predicted octanol–water partition coefficient (Wildman–Crippen LogP) is 3.47. The van der Waals surface area contributed by atoms with Crippen molar-refractivity contribution in [2.75, 3.05) is 5.32 Å². The van der Waals surface area contributed by atoms with Crippen molar-refractivity contribution in [1.29, 1.82) is 0 Å². The summed E-state index contributed by atoms with van der Waals surface area (Å²) in [4.78, 5) is 15.4. The number of H-pyrrole nitrogens is 1. The number of anilines is 1. The minimum atomic E-state index is -0.0406. The third-order valence-electron chi connectivity index (χ3n) is 3.90. The molecule has 3 heterocycles. The maximum atomic E-state index is 12.1. The van der Waals surface area contributed by atoms with Crippen molar-refractivity contribution >= 4 is 34.5 Å². The SMILES string of the molecule is O=C(CCc1c[nH]c2ccccc12)Nc1onc2c1CSC2. The molecule has 2 aromatic heterocycles. The van der Waals surface area contributed by atoms with Gasteiger partial charge in [0, 0.05) is 35.0 Å². The fraction of sp³-hybridized carbons (Fsp3) is 0.250. The standard InChI is InChI=1S/C16H15N3O2S/c20-15(18-16-12-8-22-9-14(12)19-21-16)6-5-10-7-17-13-4-2-1-3-11(10)13/h1-4,7,17H,5-6,8-9H2,(H,18,20). The lowest BCUT2D eigenvalue weighted by molar-refractivity contribution is -0.116. The minimum absolute atomic E-state index is 0.0406. The largest absolute Gasteiger partial charge is 0.361 e. The van der Waals surface area contributed by atoms with Crippen LogP contribution in [0.4, 0.5) is 5.88 Å². The Hall–Kier alpha value is -2.21. The van der Waals surface area contributed by atoms with Gasteiger partial charge >= 0.3 is 0 Å². The lowest BCUT2D eigenvalue weighted by Gasteiger charge is -2.02. The van der Waals surface area contributed by atoms with E-state index in [0.29, 0.717) is 18.7 Å². The van der Waals surface area contributed by atoms with Crippen LogP contribution in [0.15, 0.2) is 35.0 Å². The average Bonchev–Trinajstić information content (AvgIpc) is 3.22. The Balaban J connectivity index is 1.42. The fourth-order valence-corrected chi connectivity index (χ4v) is 3.75. The fourth-order valence-electron chi connectivity index (χ4n) is 2.73. The van der Waals surface area contributed by atoms with Crippen LogP contribution in [0.25, 0.3) is 10.9 Å². The predicted molar refractivity (Wildman–Crippen MR) is 86.8 cm³/mol. The highest BCUT2D eigenvalue weighted by molar-refractivity contribution is 7.98.